The second-order valence-electron chi connectivity index (χ2n) is 15.7. The van der Waals surface area contributed by atoms with Crippen LogP contribution in [0.5, 0.6) is 11.5 Å². The van der Waals surface area contributed by atoms with Gasteiger partial charge in [0.15, 0.2) is 6.61 Å². The molecule has 0 aromatic heterocycles. The quantitative estimate of drug-likeness (QED) is 0.134. The van der Waals surface area contributed by atoms with Crippen molar-refractivity contribution in [2.45, 2.75) is 70.2 Å². The van der Waals surface area contributed by atoms with E-state index in [2.05, 4.69) is 11.4 Å². The van der Waals surface area contributed by atoms with E-state index in [-0.39, 0.29) is 50.3 Å². The summed E-state index contributed by atoms with van der Waals surface area (Å²) in [6.07, 6.45) is 4.48. The zero-order chi connectivity index (χ0) is 42.6. The zero-order valence-corrected chi connectivity index (χ0v) is 34.6. The third-order valence-electron chi connectivity index (χ3n) is 11.6. The van der Waals surface area contributed by atoms with Crippen molar-refractivity contribution < 1.29 is 33.8 Å². The Kier molecular flexibility index (Phi) is 12.3. The summed E-state index contributed by atoms with van der Waals surface area (Å²) in [5.41, 5.74) is 6.40. The lowest BCUT2D eigenvalue weighted by atomic mass is 9.85. The van der Waals surface area contributed by atoms with Crippen LogP contribution in [0, 0.1) is 17.2 Å². The van der Waals surface area contributed by atoms with E-state index in [1.165, 1.54) is 0 Å². The van der Waals surface area contributed by atoms with Crippen LogP contribution in [-0.4, -0.2) is 52.4 Å². The lowest BCUT2D eigenvalue weighted by Gasteiger charge is -2.40. The Morgan fingerprint density at radius 1 is 0.869 bits per heavy atom. The molecule has 0 radical (unpaired) electrons. The van der Waals surface area contributed by atoms with Gasteiger partial charge in [0.2, 0.25) is 11.8 Å². The van der Waals surface area contributed by atoms with Gasteiger partial charge in [0.1, 0.15) is 30.2 Å². The van der Waals surface area contributed by atoms with Gasteiger partial charge in [0.05, 0.1) is 27.4 Å². The molecule has 3 aliphatic rings. The molecule has 13 heteroatoms. The summed E-state index contributed by atoms with van der Waals surface area (Å²) in [5, 5.41) is 23.3. The monoisotopic (exact) mass is 856 g/mol. The van der Waals surface area contributed by atoms with Crippen molar-refractivity contribution in [3.05, 3.63) is 141 Å². The van der Waals surface area contributed by atoms with E-state index < -0.39 is 24.0 Å². The molecular formula is C48H42Cl2N4O7. The third kappa shape index (κ3) is 9.21. The largest absolute Gasteiger partial charge is 0.489 e. The van der Waals surface area contributed by atoms with Gasteiger partial charge in [-0.2, -0.15) is 5.26 Å². The fourth-order valence-electron chi connectivity index (χ4n) is 8.37. The number of nitrogens with zero attached hydrogens (tertiary/aromatic N) is 3. The summed E-state index contributed by atoms with van der Waals surface area (Å²) < 4.78 is 11.9. The van der Waals surface area contributed by atoms with Crippen LogP contribution in [0.2, 0.25) is 10.0 Å². The van der Waals surface area contributed by atoms with Gasteiger partial charge in [0, 0.05) is 31.0 Å². The minimum atomic E-state index is -1.28. The standard InChI is InChI=1S/C48H42Cl2N4O7/c49-39-18-11-31(20-40(39)50)27-60-38-16-14-37(15-17-38)54-42-22-35-23-43(53(47(57)33-6-2-1-3-7-33)26-36(35)24-44(42)61-28-45(54)55)46(56)52-41(48(58)59)21-30-5-4-8-34(19-30)32-12-9-29(25-51)10-13-32/h4-5,8-20,22,24,33,41,43H,1-3,6-7,21,23,26-28H2,(H,52,56)(H,58,59)/t41-,43-/m0/s1. The first-order valence-corrected chi connectivity index (χ1v) is 21.0. The predicted octanol–water partition coefficient (Wildman–Crippen LogP) is 8.81. The molecule has 11 nitrogen and oxygen atoms in total. The maximum absolute atomic E-state index is 14.4. The van der Waals surface area contributed by atoms with Crippen molar-refractivity contribution in [3.63, 3.8) is 0 Å². The zero-order valence-electron chi connectivity index (χ0n) is 33.1. The molecule has 2 aliphatic heterocycles. The van der Waals surface area contributed by atoms with Crippen molar-refractivity contribution >= 4 is 58.3 Å². The number of ether oxygens (including phenoxy) is 2. The topological polar surface area (TPSA) is 149 Å². The van der Waals surface area contributed by atoms with E-state index in [4.69, 9.17) is 32.7 Å². The minimum absolute atomic E-state index is 0.00625. The minimum Gasteiger partial charge on any atom is -0.489 e. The Labute approximate surface area is 363 Å². The highest BCUT2D eigenvalue weighted by molar-refractivity contribution is 6.42. The fraction of sp³-hybridized carbons (Fsp3) is 0.271. The van der Waals surface area contributed by atoms with Gasteiger partial charge in [-0.1, -0.05) is 84.9 Å². The fourth-order valence-corrected chi connectivity index (χ4v) is 8.69. The number of rotatable bonds is 11. The lowest BCUT2D eigenvalue weighted by molar-refractivity contribution is -0.147. The smallest absolute Gasteiger partial charge is 0.326 e. The van der Waals surface area contributed by atoms with Crippen LogP contribution in [0.25, 0.3) is 11.1 Å². The molecule has 0 unspecified atom stereocenters. The first-order valence-electron chi connectivity index (χ1n) is 20.3. The molecule has 2 heterocycles. The van der Waals surface area contributed by atoms with Crippen LogP contribution in [-0.2, 0) is 45.2 Å². The van der Waals surface area contributed by atoms with Crippen molar-refractivity contribution in [3.8, 4) is 28.7 Å². The van der Waals surface area contributed by atoms with E-state index >= 15 is 0 Å². The van der Waals surface area contributed by atoms with Crippen LogP contribution in [0.15, 0.2) is 103 Å². The Morgan fingerprint density at radius 2 is 1.64 bits per heavy atom. The number of halogens is 2. The average Bonchev–Trinajstić information content (AvgIpc) is 3.28. The van der Waals surface area contributed by atoms with Crippen molar-refractivity contribution in [2.24, 2.45) is 5.92 Å². The molecule has 0 spiro atoms. The number of fused-ring (bicyclic) bond motifs is 2. The number of nitrogens with one attached hydrogen (secondary N) is 1. The predicted molar refractivity (Wildman–Crippen MR) is 231 cm³/mol. The Bertz CT molecular complexity index is 2530. The Morgan fingerprint density at radius 3 is 2.36 bits per heavy atom. The van der Waals surface area contributed by atoms with E-state index in [1.54, 1.807) is 58.3 Å². The SMILES string of the molecule is N#Cc1ccc(-c2cccc(C[C@H](NC(=O)[C@@H]3Cc4cc5c(cc4CN3C(=O)C3CCCCC3)OCC(=O)N5c3ccc(OCc4ccc(Cl)c(Cl)c4)cc3)C(=O)O)c2)cc1. The van der Waals surface area contributed by atoms with E-state index in [0.29, 0.717) is 44.0 Å². The van der Waals surface area contributed by atoms with Gasteiger partial charge < -0.3 is 24.8 Å². The highest BCUT2D eigenvalue weighted by Crippen LogP contribution is 2.42. The summed E-state index contributed by atoms with van der Waals surface area (Å²) in [6, 6.07) is 30.4. The van der Waals surface area contributed by atoms with Gasteiger partial charge in [-0.3, -0.25) is 19.3 Å². The molecule has 1 aliphatic carbocycles. The number of nitriles is 1. The number of anilines is 2. The molecule has 0 saturated heterocycles. The molecule has 5 aromatic rings. The summed E-state index contributed by atoms with van der Waals surface area (Å²) in [4.78, 5) is 58.0. The molecule has 1 saturated carbocycles. The molecule has 0 bridgehead atoms. The number of carboxylic acids is 1. The van der Waals surface area contributed by atoms with E-state index in [9.17, 15) is 29.5 Å². The second-order valence-corrected chi connectivity index (χ2v) is 16.5. The summed E-state index contributed by atoms with van der Waals surface area (Å²) in [7, 11) is 0. The van der Waals surface area contributed by atoms with Gasteiger partial charge in [-0.25, -0.2) is 4.79 Å². The molecular weight excluding hydrogens is 815 g/mol. The van der Waals surface area contributed by atoms with Crippen molar-refractivity contribution in [2.75, 3.05) is 11.5 Å². The Hall–Kier alpha value is -6.35. The summed E-state index contributed by atoms with van der Waals surface area (Å²) in [6.45, 7) is 0.198. The highest BCUT2D eigenvalue weighted by atomic mass is 35.5. The molecule has 61 heavy (non-hydrogen) atoms. The van der Waals surface area contributed by atoms with Crippen LogP contribution in [0.4, 0.5) is 11.4 Å². The number of aliphatic carboxylic acids is 1. The van der Waals surface area contributed by atoms with E-state index in [1.807, 2.05) is 54.6 Å². The molecule has 2 N–H and O–H groups in total. The van der Waals surface area contributed by atoms with Gasteiger partial charge in [-0.15, -0.1) is 0 Å². The number of carbonyl (C=O) groups is 4. The Balaban J connectivity index is 1.04. The first-order chi connectivity index (χ1) is 29.5. The number of hydrogen-bond donors (Lipinski definition) is 2. The van der Waals surface area contributed by atoms with Crippen LogP contribution in [0.3, 0.4) is 0 Å². The number of amides is 3. The van der Waals surface area contributed by atoms with Crippen LogP contribution < -0.4 is 19.7 Å². The molecule has 1 fully saturated rings. The normalized spacial score (nSPS) is 16.7. The highest BCUT2D eigenvalue weighted by Gasteiger charge is 2.40. The van der Waals surface area contributed by atoms with Gasteiger partial charge in [0.25, 0.3) is 5.91 Å². The number of benzene rings is 5. The number of carbonyl (C=O) groups excluding carboxylic acids is 3. The lowest BCUT2D eigenvalue weighted by Crippen LogP contribution is -2.57. The third-order valence-corrected chi connectivity index (χ3v) is 12.3. The maximum Gasteiger partial charge on any atom is 0.326 e. The molecule has 3 amide bonds. The molecule has 310 valence electrons. The summed E-state index contributed by atoms with van der Waals surface area (Å²) in [5.74, 6) is -1.36. The average molecular weight is 858 g/mol. The molecule has 8 rings (SSSR count). The molecule has 2 atom stereocenters. The second kappa shape index (κ2) is 18.1. The number of carboxylic acid groups (broad SMARTS) is 1. The maximum atomic E-state index is 14.4. The van der Waals surface area contributed by atoms with E-state index in [0.717, 1.165) is 59.9 Å². The van der Waals surface area contributed by atoms with Crippen LogP contribution in [0.1, 0.15) is 59.9 Å². The first kappa shape index (κ1) is 41.4. The van der Waals surface area contributed by atoms with Crippen molar-refractivity contribution in [1.29, 1.82) is 5.26 Å². The van der Waals surface area contributed by atoms with Gasteiger partial charge in [-0.05, 0) is 107 Å². The van der Waals surface area contributed by atoms with Gasteiger partial charge >= 0.3 is 5.97 Å². The van der Waals surface area contributed by atoms with Crippen LogP contribution >= 0.6 is 23.2 Å². The van der Waals surface area contributed by atoms with Crippen molar-refractivity contribution in [1.82, 2.24) is 10.2 Å². The number of hydrogen-bond acceptors (Lipinski definition) is 7. The summed E-state index contributed by atoms with van der Waals surface area (Å²) >= 11 is 12.2. The molecule has 5 aromatic carbocycles.